The first-order valence-corrected chi connectivity index (χ1v) is 16.7. The molecule has 7 nitrogen and oxygen atoms in total. The second kappa shape index (κ2) is 32.0. The molecular weight excluding hydrogens is 522 g/mol. The van der Waals surface area contributed by atoms with E-state index in [9.17, 15) is 9.59 Å². The normalized spacial score (nSPS) is 11.4. The van der Waals surface area contributed by atoms with Gasteiger partial charge >= 0.3 is 0 Å². The van der Waals surface area contributed by atoms with Gasteiger partial charge < -0.3 is 21.7 Å². The Kier molecular flexibility index (Phi) is 32.5. The average molecular weight is 588 g/mol. The van der Waals surface area contributed by atoms with Gasteiger partial charge in [-0.05, 0) is 25.7 Å². The van der Waals surface area contributed by atoms with Crippen LogP contribution in [0.5, 0.6) is 0 Å². The lowest BCUT2D eigenvalue weighted by atomic mass is 10.0. The summed E-state index contributed by atoms with van der Waals surface area (Å²) in [5.41, 5.74) is 5.35. The maximum Gasteiger partial charge on any atom is 0.242 e. The maximum atomic E-state index is 12.7. The van der Waals surface area contributed by atoms with Crippen molar-refractivity contribution < 1.29 is 9.59 Å². The van der Waals surface area contributed by atoms with Crippen LogP contribution in [0.2, 0.25) is 0 Å². The molecule has 0 aromatic heterocycles. The van der Waals surface area contributed by atoms with E-state index in [0.29, 0.717) is 32.4 Å². The van der Waals surface area contributed by atoms with E-state index in [1.165, 1.54) is 109 Å². The topological polar surface area (TPSA) is 120 Å². The monoisotopic (exact) mass is 587 g/mol. The van der Waals surface area contributed by atoms with Crippen LogP contribution in [0.4, 0.5) is 0 Å². The van der Waals surface area contributed by atoms with E-state index in [1.807, 2.05) is 0 Å². The molecule has 0 spiro atoms. The molecule has 0 bridgehead atoms. The predicted molar refractivity (Wildman–Crippen MR) is 174 cm³/mol. The van der Waals surface area contributed by atoms with Crippen molar-refractivity contribution in [3.05, 3.63) is 0 Å². The summed E-state index contributed by atoms with van der Waals surface area (Å²) < 4.78 is 0. The van der Waals surface area contributed by atoms with Crippen molar-refractivity contribution in [2.45, 2.75) is 174 Å². The number of carbonyl (C=O) groups excluding carboxylic acids is 2. The average Bonchev–Trinajstić information content (AvgIpc) is 2.91. The SMILES string of the molecule is CCCCCCCCCCCCCCCCCC(=O)N[C@@H](CCCNC(=N)N)C(=O)NCCCCCCCC.Cl. The lowest BCUT2D eigenvalue weighted by Crippen LogP contribution is -2.47. The van der Waals surface area contributed by atoms with Crippen LogP contribution in [0.25, 0.3) is 0 Å². The Bertz CT molecular complexity index is 592. The summed E-state index contributed by atoms with van der Waals surface area (Å²) in [6.07, 6.45) is 28.3. The number of guanidine groups is 1. The molecule has 1 atom stereocenters. The van der Waals surface area contributed by atoms with Crippen molar-refractivity contribution in [2.75, 3.05) is 13.1 Å². The number of halogens is 1. The fourth-order valence-electron chi connectivity index (χ4n) is 4.96. The van der Waals surface area contributed by atoms with Gasteiger partial charge in [0, 0.05) is 19.5 Å². The molecule has 0 unspecified atom stereocenters. The van der Waals surface area contributed by atoms with Gasteiger partial charge in [-0.15, -0.1) is 12.4 Å². The van der Waals surface area contributed by atoms with Crippen LogP contribution in [-0.4, -0.2) is 36.9 Å². The standard InChI is InChI=1S/C32H65N5O2.ClH/c1-3-5-7-9-11-12-13-14-15-16-17-18-19-20-22-26-30(38)37-29(25-24-28-36-32(33)34)31(39)35-27-23-21-10-8-6-4-2;/h29H,3-28H2,1-2H3,(H,35,39)(H,37,38)(H4,33,34,36);1H/t29-;/m0./s1. The molecule has 0 aromatic carbocycles. The largest absolute Gasteiger partial charge is 0.370 e. The summed E-state index contributed by atoms with van der Waals surface area (Å²) in [5.74, 6) is -0.212. The minimum Gasteiger partial charge on any atom is -0.370 e. The highest BCUT2D eigenvalue weighted by Gasteiger charge is 2.19. The number of nitrogens with one attached hydrogen (secondary N) is 4. The van der Waals surface area contributed by atoms with E-state index in [2.05, 4.69) is 29.8 Å². The number of hydrogen-bond acceptors (Lipinski definition) is 3. The molecule has 0 saturated heterocycles. The number of carbonyl (C=O) groups is 2. The molecule has 0 aromatic rings. The zero-order valence-corrected chi connectivity index (χ0v) is 27.1. The molecule has 0 heterocycles. The first-order chi connectivity index (χ1) is 19.0. The van der Waals surface area contributed by atoms with Gasteiger partial charge in [0.25, 0.3) is 0 Å². The van der Waals surface area contributed by atoms with Crippen molar-refractivity contribution in [1.29, 1.82) is 5.41 Å². The lowest BCUT2D eigenvalue weighted by molar-refractivity contribution is -0.129. The number of unbranched alkanes of at least 4 members (excludes halogenated alkanes) is 19. The van der Waals surface area contributed by atoms with Crippen molar-refractivity contribution in [3.8, 4) is 0 Å². The second-order valence-electron chi connectivity index (χ2n) is 11.4. The summed E-state index contributed by atoms with van der Waals surface area (Å²) in [6, 6.07) is -0.525. The third-order valence-corrected chi connectivity index (χ3v) is 7.47. The number of amides is 2. The van der Waals surface area contributed by atoms with Gasteiger partial charge in [-0.1, -0.05) is 136 Å². The van der Waals surface area contributed by atoms with Crippen LogP contribution in [0.1, 0.15) is 168 Å². The molecular formula is C32H66ClN5O2. The zero-order chi connectivity index (χ0) is 28.8. The van der Waals surface area contributed by atoms with E-state index in [-0.39, 0.29) is 30.2 Å². The Balaban J connectivity index is 0. The Morgan fingerprint density at radius 3 is 1.45 bits per heavy atom. The number of nitrogens with two attached hydrogens (primary N) is 1. The third-order valence-electron chi connectivity index (χ3n) is 7.47. The highest BCUT2D eigenvalue weighted by Crippen LogP contribution is 2.14. The molecule has 8 heteroatoms. The highest BCUT2D eigenvalue weighted by molar-refractivity contribution is 5.87. The quantitative estimate of drug-likeness (QED) is 0.0347. The fraction of sp³-hybridized carbons (Fsp3) is 0.906. The Morgan fingerprint density at radius 1 is 0.600 bits per heavy atom. The summed E-state index contributed by atoms with van der Waals surface area (Å²) in [4.78, 5) is 25.3. The van der Waals surface area contributed by atoms with E-state index in [4.69, 9.17) is 11.1 Å². The molecule has 0 saturated carbocycles. The van der Waals surface area contributed by atoms with Crippen LogP contribution >= 0.6 is 12.4 Å². The van der Waals surface area contributed by atoms with Crippen LogP contribution < -0.4 is 21.7 Å². The second-order valence-corrected chi connectivity index (χ2v) is 11.4. The molecule has 6 N–H and O–H groups in total. The summed E-state index contributed by atoms with van der Waals surface area (Å²) in [7, 11) is 0. The predicted octanol–water partition coefficient (Wildman–Crippen LogP) is 7.89. The molecule has 0 aliphatic rings. The van der Waals surface area contributed by atoms with Gasteiger partial charge in [0.1, 0.15) is 6.04 Å². The first kappa shape index (κ1) is 40.6. The summed E-state index contributed by atoms with van der Waals surface area (Å²) in [6.45, 7) is 5.65. The van der Waals surface area contributed by atoms with Crippen molar-refractivity contribution in [2.24, 2.45) is 5.73 Å². The third kappa shape index (κ3) is 29.5. The van der Waals surface area contributed by atoms with Crippen LogP contribution in [0, 0.1) is 5.41 Å². The maximum absolute atomic E-state index is 12.7. The van der Waals surface area contributed by atoms with Gasteiger partial charge in [0.05, 0.1) is 0 Å². The van der Waals surface area contributed by atoms with Gasteiger partial charge in [-0.2, -0.15) is 0 Å². The summed E-state index contributed by atoms with van der Waals surface area (Å²) >= 11 is 0. The highest BCUT2D eigenvalue weighted by atomic mass is 35.5. The van der Waals surface area contributed by atoms with Crippen LogP contribution in [0.3, 0.4) is 0 Å². The molecule has 0 fully saturated rings. The Labute approximate surface area is 253 Å². The fourth-order valence-corrected chi connectivity index (χ4v) is 4.96. The lowest BCUT2D eigenvalue weighted by Gasteiger charge is -2.19. The summed E-state index contributed by atoms with van der Waals surface area (Å²) in [5, 5.41) is 16.0. The molecule has 0 rings (SSSR count). The van der Waals surface area contributed by atoms with Crippen molar-refractivity contribution in [1.82, 2.24) is 16.0 Å². The van der Waals surface area contributed by atoms with E-state index in [1.54, 1.807) is 0 Å². The van der Waals surface area contributed by atoms with Gasteiger partial charge in [-0.3, -0.25) is 15.0 Å². The minimum atomic E-state index is -0.525. The Hall–Kier alpha value is -1.50. The molecule has 0 radical (unpaired) electrons. The number of hydrogen-bond donors (Lipinski definition) is 5. The molecule has 238 valence electrons. The Morgan fingerprint density at radius 2 is 1.00 bits per heavy atom. The minimum absolute atomic E-state index is 0. The first-order valence-electron chi connectivity index (χ1n) is 16.7. The molecule has 2 amide bonds. The van der Waals surface area contributed by atoms with Gasteiger partial charge in [0.2, 0.25) is 11.8 Å². The zero-order valence-electron chi connectivity index (χ0n) is 26.3. The number of rotatable bonds is 29. The van der Waals surface area contributed by atoms with Crippen molar-refractivity contribution in [3.63, 3.8) is 0 Å². The van der Waals surface area contributed by atoms with Gasteiger partial charge in [-0.25, -0.2) is 0 Å². The molecule has 0 aliphatic heterocycles. The smallest absolute Gasteiger partial charge is 0.242 e. The molecule has 40 heavy (non-hydrogen) atoms. The molecule has 0 aliphatic carbocycles. The van der Waals surface area contributed by atoms with Crippen LogP contribution in [-0.2, 0) is 9.59 Å². The van der Waals surface area contributed by atoms with E-state index < -0.39 is 6.04 Å². The van der Waals surface area contributed by atoms with E-state index >= 15 is 0 Å². The van der Waals surface area contributed by atoms with Gasteiger partial charge in [0.15, 0.2) is 5.96 Å². The van der Waals surface area contributed by atoms with Crippen molar-refractivity contribution >= 4 is 30.2 Å². The van der Waals surface area contributed by atoms with E-state index in [0.717, 1.165) is 25.7 Å². The van der Waals surface area contributed by atoms with Crippen LogP contribution in [0.15, 0.2) is 0 Å².